The van der Waals surface area contributed by atoms with Gasteiger partial charge in [0.15, 0.2) is 0 Å². The molecule has 2 aromatic rings. The maximum atomic E-state index is 6.23. The van der Waals surface area contributed by atoms with Gasteiger partial charge in [-0.15, -0.1) is 0 Å². The minimum Gasteiger partial charge on any atom is -0.322 e. The number of pyridine rings is 1. The fourth-order valence-corrected chi connectivity index (χ4v) is 2.31. The lowest BCUT2D eigenvalue weighted by molar-refractivity contribution is 0.261. The molecular formula is C14H16N2. The molecule has 2 nitrogen and oxygen atoms in total. The highest BCUT2D eigenvalue weighted by atomic mass is 14.8. The summed E-state index contributed by atoms with van der Waals surface area (Å²) in [6.07, 6.45) is 3.84. The van der Waals surface area contributed by atoms with Crippen LogP contribution in [0.2, 0.25) is 0 Å². The molecule has 1 unspecified atom stereocenters. The second-order valence-corrected chi connectivity index (χ2v) is 4.65. The summed E-state index contributed by atoms with van der Waals surface area (Å²) in [7, 11) is 0. The first-order chi connectivity index (χ1) is 7.84. The second kappa shape index (κ2) is 3.87. The van der Waals surface area contributed by atoms with Crippen LogP contribution in [-0.4, -0.2) is 4.98 Å². The summed E-state index contributed by atoms with van der Waals surface area (Å²) in [6.45, 7) is 0. The molecule has 1 aromatic carbocycles. The van der Waals surface area contributed by atoms with E-state index in [1.807, 2.05) is 18.2 Å². The molecule has 0 amide bonds. The molecule has 16 heavy (non-hydrogen) atoms. The van der Waals surface area contributed by atoms with Crippen molar-refractivity contribution in [3.05, 3.63) is 42.1 Å². The zero-order valence-corrected chi connectivity index (χ0v) is 9.26. The van der Waals surface area contributed by atoms with Crippen molar-refractivity contribution in [3.63, 3.8) is 0 Å². The fraction of sp³-hybridized carbons (Fsp3) is 0.357. The van der Waals surface area contributed by atoms with Crippen molar-refractivity contribution < 1.29 is 0 Å². The average molecular weight is 212 g/mol. The van der Waals surface area contributed by atoms with Gasteiger partial charge >= 0.3 is 0 Å². The average Bonchev–Trinajstić information content (AvgIpc) is 2.26. The lowest BCUT2D eigenvalue weighted by Crippen LogP contribution is -2.27. The lowest BCUT2D eigenvalue weighted by atomic mass is 9.79. The van der Waals surface area contributed by atoms with Crippen molar-refractivity contribution in [1.29, 1.82) is 0 Å². The van der Waals surface area contributed by atoms with E-state index in [2.05, 4.69) is 23.2 Å². The van der Waals surface area contributed by atoms with Gasteiger partial charge in [0.2, 0.25) is 0 Å². The van der Waals surface area contributed by atoms with Crippen molar-refractivity contribution in [3.8, 4) is 0 Å². The Kier molecular flexibility index (Phi) is 2.37. The monoisotopic (exact) mass is 212 g/mol. The minimum absolute atomic E-state index is 0.123. The van der Waals surface area contributed by atoms with Gasteiger partial charge in [0, 0.05) is 11.4 Å². The van der Waals surface area contributed by atoms with Crippen molar-refractivity contribution in [2.24, 2.45) is 11.7 Å². The molecular weight excluding hydrogens is 196 g/mol. The van der Waals surface area contributed by atoms with Gasteiger partial charge in [-0.1, -0.05) is 30.7 Å². The first-order valence-corrected chi connectivity index (χ1v) is 5.96. The standard InChI is InChI=1S/C14H16N2/c15-14(11-5-3-6-11)13-9-8-10-4-1-2-7-12(10)16-13/h1-2,4,7-9,11,14H,3,5-6,15H2. The summed E-state index contributed by atoms with van der Waals surface area (Å²) in [5, 5.41) is 1.19. The van der Waals surface area contributed by atoms with E-state index in [0.29, 0.717) is 5.92 Å². The van der Waals surface area contributed by atoms with Gasteiger partial charge in [0.05, 0.1) is 11.2 Å². The zero-order valence-electron chi connectivity index (χ0n) is 9.26. The third kappa shape index (κ3) is 1.59. The smallest absolute Gasteiger partial charge is 0.0706 e. The van der Waals surface area contributed by atoms with Crippen molar-refractivity contribution in [2.45, 2.75) is 25.3 Å². The van der Waals surface area contributed by atoms with Crippen LogP contribution in [-0.2, 0) is 0 Å². The molecule has 1 heterocycles. The zero-order chi connectivity index (χ0) is 11.0. The van der Waals surface area contributed by atoms with Crippen molar-refractivity contribution in [1.82, 2.24) is 4.98 Å². The SMILES string of the molecule is NC(c1ccc2ccccc2n1)C1CCC1. The number of benzene rings is 1. The predicted molar refractivity (Wildman–Crippen MR) is 66.0 cm³/mol. The number of nitrogens with two attached hydrogens (primary N) is 1. The Labute approximate surface area is 95.5 Å². The first-order valence-electron chi connectivity index (χ1n) is 5.96. The molecule has 1 atom stereocenters. The number of nitrogens with zero attached hydrogens (tertiary/aromatic N) is 1. The fourth-order valence-electron chi connectivity index (χ4n) is 2.31. The molecule has 0 radical (unpaired) electrons. The highest BCUT2D eigenvalue weighted by Gasteiger charge is 2.26. The molecule has 0 saturated heterocycles. The summed E-state index contributed by atoms with van der Waals surface area (Å²) in [6, 6.07) is 12.5. The van der Waals surface area contributed by atoms with Crippen LogP contribution in [0.15, 0.2) is 36.4 Å². The summed E-state index contributed by atoms with van der Waals surface area (Å²) in [5.41, 5.74) is 8.32. The molecule has 2 N–H and O–H groups in total. The van der Waals surface area contributed by atoms with Crippen LogP contribution in [0.3, 0.4) is 0 Å². The molecule has 1 saturated carbocycles. The quantitative estimate of drug-likeness (QED) is 0.831. The normalized spacial score (nSPS) is 18.3. The largest absolute Gasteiger partial charge is 0.322 e. The Morgan fingerprint density at radius 3 is 2.69 bits per heavy atom. The Hall–Kier alpha value is -1.41. The van der Waals surface area contributed by atoms with E-state index in [9.17, 15) is 0 Å². The van der Waals surface area contributed by atoms with Crippen LogP contribution in [0, 0.1) is 5.92 Å². The van der Waals surface area contributed by atoms with Crippen LogP contribution in [0.5, 0.6) is 0 Å². The van der Waals surface area contributed by atoms with Gasteiger partial charge in [-0.25, -0.2) is 0 Å². The molecule has 82 valence electrons. The number of rotatable bonds is 2. The second-order valence-electron chi connectivity index (χ2n) is 4.65. The number of aromatic nitrogens is 1. The summed E-state index contributed by atoms with van der Waals surface area (Å²) in [4.78, 5) is 4.65. The Balaban J connectivity index is 1.97. The third-order valence-electron chi connectivity index (χ3n) is 3.62. The third-order valence-corrected chi connectivity index (χ3v) is 3.62. The number of hydrogen-bond acceptors (Lipinski definition) is 2. The van der Waals surface area contributed by atoms with Gasteiger partial charge in [0.1, 0.15) is 0 Å². The molecule has 0 spiro atoms. The minimum atomic E-state index is 0.123. The van der Waals surface area contributed by atoms with E-state index in [0.717, 1.165) is 11.2 Å². The first kappa shape index (κ1) is 9.79. The molecule has 3 rings (SSSR count). The highest BCUT2D eigenvalue weighted by molar-refractivity contribution is 5.78. The van der Waals surface area contributed by atoms with Crippen LogP contribution in [0.25, 0.3) is 10.9 Å². The van der Waals surface area contributed by atoms with Crippen LogP contribution in [0.4, 0.5) is 0 Å². The van der Waals surface area contributed by atoms with Gasteiger partial charge in [-0.05, 0) is 30.9 Å². The molecule has 1 aliphatic carbocycles. The van der Waals surface area contributed by atoms with Crippen molar-refractivity contribution >= 4 is 10.9 Å². The van der Waals surface area contributed by atoms with Gasteiger partial charge in [0.25, 0.3) is 0 Å². The molecule has 0 aliphatic heterocycles. The number of para-hydroxylation sites is 1. The van der Waals surface area contributed by atoms with E-state index in [1.165, 1.54) is 24.6 Å². The summed E-state index contributed by atoms with van der Waals surface area (Å²) < 4.78 is 0. The van der Waals surface area contributed by atoms with Gasteiger partial charge in [-0.2, -0.15) is 0 Å². The van der Waals surface area contributed by atoms with E-state index in [1.54, 1.807) is 0 Å². The van der Waals surface area contributed by atoms with Gasteiger partial charge in [-0.3, -0.25) is 4.98 Å². The Morgan fingerprint density at radius 1 is 1.12 bits per heavy atom. The van der Waals surface area contributed by atoms with Gasteiger partial charge < -0.3 is 5.73 Å². The summed E-state index contributed by atoms with van der Waals surface area (Å²) >= 11 is 0. The molecule has 1 fully saturated rings. The Bertz CT molecular complexity index is 503. The molecule has 2 heteroatoms. The lowest BCUT2D eigenvalue weighted by Gasteiger charge is -2.30. The Morgan fingerprint density at radius 2 is 1.94 bits per heavy atom. The van der Waals surface area contributed by atoms with E-state index >= 15 is 0 Å². The molecule has 0 bridgehead atoms. The van der Waals surface area contributed by atoms with Crippen LogP contribution < -0.4 is 5.73 Å². The topological polar surface area (TPSA) is 38.9 Å². The van der Waals surface area contributed by atoms with E-state index < -0.39 is 0 Å². The van der Waals surface area contributed by atoms with E-state index in [-0.39, 0.29) is 6.04 Å². The molecule has 1 aromatic heterocycles. The number of hydrogen-bond donors (Lipinski definition) is 1. The van der Waals surface area contributed by atoms with Crippen LogP contribution >= 0.6 is 0 Å². The maximum absolute atomic E-state index is 6.23. The van der Waals surface area contributed by atoms with Crippen LogP contribution in [0.1, 0.15) is 31.0 Å². The van der Waals surface area contributed by atoms with Crippen molar-refractivity contribution in [2.75, 3.05) is 0 Å². The maximum Gasteiger partial charge on any atom is 0.0706 e. The summed E-state index contributed by atoms with van der Waals surface area (Å²) in [5.74, 6) is 0.647. The number of fused-ring (bicyclic) bond motifs is 1. The van der Waals surface area contributed by atoms with E-state index in [4.69, 9.17) is 5.73 Å². The highest BCUT2D eigenvalue weighted by Crippen LogP contribution is 2.35. The predicted octanol–water partition coefficient (Wildman–Crippen LogP) is 3.03. The molecule has 1 aliphatic rings.